The van der Waals surface area contributed by atoms with E-state index in [-0.39, 0.29) is 5.91 Å². The molecular weight excluding hydrogens is 346 g/mol. The molecule has 0 aromatic carbocycles. The molecule has 114 valence electrons. The van der Waals surface area contributed by atoms with E-state index in [2.05, 4.69) is 25.8 Å². The van der Waals surface area contributed by atoms with Crippen molar-refractivity contribution >= 4 is 33.7 Å². The number of carbonyl (C=O) groups excluding carboxylic acids is 1. The van der Waals surface area contributed by atoms with E-state index in [9.17, 15) is 4.79 Å². The lowest BCUT2D eigenvalue weighted by molar-refractivity contribution is -0.126. The molecule has 2 aromatic heterocycles. The molecule has 3 rings (SSSR count). The van der Waals surface area contributed by atoms with Crippen LogP contribution in [-0.2, 0) is 4.79 Å². The molecule has 1 aliphatic rings. The number of nitrogens with zero attached hydrogens (tertiary/aromatic N) is 3. The van der Waals surface area contributed by atoms with E-state index in [1.54, 1.807) is 24.4 Å². The molecule has 3 heterocycles. The van der Waals surface area contributed by atoms with Gasteiger partial charge in [0.2, 0.25) is 5.91 Å². The molecule has 0 aliphatic carbocycles. The van der Waals surface area contributed by atoms with E-state index >= 15 is 0 Å². The van der Waals surface area contributed by atoms with Crippen molar-refractivity contribution in [2.75, 3.05) is 31.1 Å². The Kier molecular flexibility index (Phi) is 4.58. The van der Waals surface area contributed by atoms with E-state index < -0.39 is 0 Å². The van der Waals surface area contributed by atoms with Crippen LogP contribution < -0.4 is 4.90 Å². The predicted molar refractivity (Wildman–Crippen MR) is 88.5 cm³/mol. The second-order valence-electron chi connectivity index (χ2n) is 4.98. The molecule has 0 spiro atoms. The van der Waals surface area contributed by atoms with Crippen LogP contribution in [0.5, 0.6) is 0 Å². The summed E-state index contributed by atoms with van der Waals surface area (Å²) in [6.45, 7) is 2.98. The van der Waals surface area contributed by atoms with Crippen molar-refractivity contribution in [2.24, 2.45) is 0 Å². The zero-order valence-corrected chi connectivity index (χ0v) is 13.6. The summed E-state index contributed by atoms with van der Waals surface area (Å²) in [5.74, 6) is 1.63. The standard InChI is InChI=1S/C16H16BrN3O2/c17-14-6-4-13(22-14)5-7-16(21)20-11-9-19(10-12-20)15-3-1-2-8-18-15/h1-8H,9-12H2. The monoisotopic (exact) mass is 361 g/mol. The van der Waals surface area contributed by atoms with Crippen molar-refractivity contribution in [1.82, 2.24) is 9.88 Å². The van der Waals surface area contributed by atoms with Gasteiger partial charge in [0.15, 0.2) is 4.67 Å². The second kappa shape index (κ2) is 6.79. The number of anilines is 1. The molecule has 5 nitrogen and oxygen atoms in total. The fraction of sp³-hybridized carbons (Fsp3) is 0.250. The molecular formula is C16H16BrN3O2. The molecule has 1 aliphatic heterocycles. The highest BCUT2D eigenvalue weighted by atomic mass is 79.9. The zero-order chi connectivity index (χ0) is 15.4. The molecule has 0 N–H and O–H groups in total. The van der Waals surface area contributed by atoms with Crippen LogP contribution in [0.2, 0.25) is 0 Å². The van der Waals surface area contributed by atoms with Gasteiger partial charge in [-0.25, -0.2) is 4.98 Å². The van der Waals surface area contributed by atoms with Gasteiger partial charge in [0, 0.05) is 38.5 Å². The number of aromatic nitrogens is 1. The average molecular weight is 362 g/mol. The molecule has 1 fully saturated rings. The van der Waals surface area contributed by atoms with Crippen molar-refractivity contribution < 1.29 is 9.21 Å². The first-order chi connectivity index (χ1) is 10.7. The predicted octanol–water partition coefficient (Wildman–Crippen LogP) is 2.80. The molecule has 0 bridgehead atoms. The summed E-state index contributed by atoms with van der Waals surface area (Å²) in [5, 5.41) is 0. The van der Waals surface area contributed by atoms with Gasteiger partial charge >= 0.3 is 0 Å². The van der Waals surface area contributed by atoms with Crippen LogP contribution in [0.1, 0.15) is 5.76 Å². The average Bonchev–Trinajstić information content (AvgIpc) is 2.99. The Morgan fingerprint density at radius 2 is 2.00 bits per heavy atom. The SMILES string of the molecule is O=C(C=Cc1ccc(Br)o1)N1CCN(c2ccccn2)CC1. The van der Waals surface area contributed by atoms with Crippen LogP contribution in [0.25, 0.3) is 6.08 Å². The normalized spacial score (nSPS) is 15.5. The molecule has 0 atom stereocenters. The first-order valence-electron chi connectivity index (χ1n) is 7.11. The Labute approximate surface area is 137 Å². The number of carbonyl (C=O) groups is 1. The number of pyridine rings is 1. The van der Waals surface area contributed by atoms with Crippen LogP contribution >= 0.6 is 15.9 Å². The molecule has 0 radical (unpaired) electrons. The van der Waals surface area contributed by atoms with E-state index in [4.69, 9.17) is 4.42 Å². The third kappa shape index (κ3) is 3.57. The number of hydrogen-bond acceptors (Lipinski definition) is 4. The maximum Gasteiger partial charge on any atom is 0.246 e. The molecule has 0 unspecified atom stereocenters. The van der Waals surface area contributed by atoms with Gasteiger partial charge in [-0.05, 0) is 46.3 Å². The quantitative estimate of drug-likeness (QED) is 0.788. The Balaban J connectivity index is 1.55. The highest BCUT2D eigenvalue weighted by Gasteiger charge is 2.20. The number of amides is 1. The van der Waals surface area contributed by atoms with Crippen LogP contribution in [0, 0.1) is 0 Å². The maximum atomic E-state index is 12.2. The largest absolute Gasteiger partial charge is 0.450 e. The lowest BCUT2D eigenvalue weighted by Crippen LogP contribution is -2.48. The molecule has 1 saturated heterocycles. The van der Waals surface area contributed by atoms with Crippen LogP contribution in [0.15, 0.2) is 51.7 Å². The number of piperazine rings is 1. The summed E-state index contributed by atoms with van der Waals surface area (Å²) in [6.07, 6.45) is 5.04. The van der Waals surface area contributed by atoms with Gasteiger partial charge in [-0.3, -0.25) is 4.79 Å². The summed E-state index contributed by atoms with van der Waals surface area (Å²) in [7, 11) is 0. The zero-order valence-electron chi connectivity index (χ0n) is 12.0. The fourth-order valence-corrected chi connectivity index (χ4v) is 2.69. The summed E-state index contributed by atoms with van der Waals surface area (Å²) < 4.78 is 5.99. The van der Waals surface area contributed by atoms with Gasteiger partial charge in [0.25, 0.3) is 0 Å². The van der Waals surface area contributed by atoms with Gasteiger partial charge in [-0.2, -0.15) is 0 Å². The van der Waals surface area contributed by atoms with Crippen molar-refractivity contribution in [2.45, 2.75) is 0 Å². The van der Waals surface area contributed by atoms with Gasteiger partial charge in [-0.1, -0.05) is 6.07 Å². The van der Waals surface area contributed by atoms with Crippen LogP contribution in [0.3, 0.4) is 0 Å². The Hall–Kier alpha value is -2.08. The van der Waals surface area contributed by atoms with E-state index in [0.29, 0.717) is 23.5 Å². The number of rotatable bonds is 3. The van der Waals surface area contributed by atoms with Crippen molar-refractivity contribution in [1.29, 1.82) is 0 Å². The second-order valence-corrected chi connectivity index (χ2v) is 5.76. The number of hydrogen-bond donors (Lipinski definition) is 0. The van der Waals surface area contributed by atoms with E-state index in [0.717, 1.165) is 18.9 Å². The molecule has 6 heteroatoms. The number of halogens is 1. The third-order valence-electron chi connectivity index (χ3n) is 3.55. The van der Waals surface area contributed by atoms with Crippen LogP contribution in [0.4, 0.5) is 5.82 Å². The minimum atomic E-state index is 0.00759. The van der Waals surface area contributed by atoms with E-state index in [1.807, 2.05) is 29.2 Å². The fourth-order valence-electron chi connectivity index (χ4n) is 2.37. The van der Waals surface area contributed by atoms with Crippen molar-refractivity contribution in [3.63, 3.8) is 0 Å². The Morgan fingerprint density at radius 3 is 2.64 bits per heavy atom. The summed E-state index contributed by atoms with van der Waals surface area (Å²) in [4.78, 5) is 20.5. The molecule has 22 heavy (non-hydrogen) atoms. The van der Waals surface area contributed by atoms with Gasteiger partial charge < -0.3 is 14.2 Å². The highest BCUT2D eigenvalue weighted by molar-refractivity contribution is 9.10. The highest BCUT2D eigenvalue weighted by Crippen LogP contribution is 2.16. The van der Waals surface area contributed by atoms with Gasteiger partial charge in [-0.15, -0.1) is 0 Å². The van der Waals surface area contributed by atoms with Gasteiger partial charge in [0.1, 0.15) is 11.6 Å². The topological polar surface area (TPSA) is 49.6 Å². The van der Waals surface area contributed by atoms with Crippen molar-refractivity contribution in [3.05, 3.63) is 53.0 Å². The lowest BCUT2D eigenvalue weighted by Gasteiger charge is -2.34. The maximum absolute atomic E-state index is 12.2. The number of furan rings is 1. The van der Waals surface area contributed by atoms with Crippen molar-refractivity contribution in [3.8, 4) is 0 Å². The Bertz CT molecular complexity index is 661. The lowest BCUT2D eigenvalue weighted by atomic mass is 10.3. The smallest absolute Gasteiger partial charge is 0.246 e. The Morgan fingerprint density at radius 1 is 1.18 bits per heavy atom. The summed E-state index contributed by atoms with van der Waals surface area (Å²) in [6, 6.07) is 9.49. The minimum absolute atomic E-state index is 0.00759. The first-order valence-corrected chi connectivity index (χ1v) is 7.90. The van der Waals surface area contributed by atoms with E-state index in [1.165, 1.54) is 0 Å². The third-order valence-corrected chi connectivity index (χ3v) is 3.97. The molecule has 0 saturated carbocycles. The molecule has 1 amide bonds. The summed E-state index contributed by atoms with van der Waals surface area (Å²) in [5.41, 5.74) is 0. The first kappa shape index (κ1) is 14.8. The minimum Gasteiger partial charge on any atom is -0.450 e. The molecule has 2 aromatic rings. The summed E-state index contributed by atoms with van der Waals surface area (Å²) >= 11 is 3.24. The van der Waals surface area contributed by atoms with Crippen LogP contribution in [-0.4, -0.2) is 42.0 Å². The van der Waals surface area contributed by atoms with Gasteiger partial charge in [0.05, 0.1) is 0 Å².